The maximum atomic E-state index is 13.4. The molecule has 2 rings (SSSR count). The molecule has 148 valence electrons. The van der Waals surface area contributed by atoms with Gasteiger partial charge in [-0.05, 0) is 56.3 Å². The first-order chi connectivity index (χ1) is 12.5. The first-order valence-corrected chi connectivity index (χ1v) is 8.98. The topological polar surface area (TPSA) is 39.7 Å². The van der Waals surface area contributed by atoms with Crippen molar-refractivity contribution >= 4 is 29.9 Å². The summed E-state index contributed by atoms with van der Waals surface area (Å²) in [4.78, 5) is 6.78. The second-order valence-electron chi connectivity index (χ2n) is 6.64. The van der Waals surface area contributed by atoms with E-state index in [1.807, 2.05) is 13.0 Å². The summed E-state index contributed by atoms with van der Waals surface area (Å²) >= 11 is 0. The summed E-state index contributed by atoms with van der Waals surface area (Å²) in [6.45, 7) is 6.72. The molecule has 0 aromatic heterocycles. The minimum absolute atomic E-state index is 0. The summed E-state index contributed by atoms with van der Waals surface area (Å²) in [6, 6.07) is 13.5. The third-order valence-electron chi connectivity index (χ3n) is 4.04. The Balaban J connectivity index is 0.00000364. The van der Waals surface area contributed by atoms with Gasteiger partial charge in [-0.25, -0.2) is 9.38 Å². The summed E-state index contributed by atoms with van der Waals surface area (Å²) in [5.74, 6) is 0.578. The van der Waals surface area contributed by atoms with E-state index in [-0.39, 0.29) is 29.8 Å². The van der Waals surface area contributed by atoms with Gasteiger partial charge < -0.3 is 15.5 Å². The van der Waals surface area contributed by atoms with E-state index in [9.17, 15) is 4.39 Å². The van der Waals surface area contributed by atoms with Gasteiger partial charge in [0.15, 0.2) is 5.96 Å². The van der Waals surface area contributed by atoms with Gasteiger partial charge in [-0.3, -0.25) is 0 Å². The van der Waals surface area contributed by atoms with E-state index in [4.69, 9.17) is 0 Å². The highest BCUT2D eigenvalue weighted by molar-refractivity contribution is 14.0. The second kappa shape index (κ2) is 11.9. The molecule has 6 heteroatoms. The van der Waals surface area contributed by atoms with Crippen molar-refractivity contribution in [2.45, 2.75) is 33.5 Å². The molecule has 27 heavy (non-hydrogen) atoms. The lowest BCUT2D eigenvalue weighted by molar-refractivity contribution is 0.400. The predicted molar refractivity (Wildman–Crippen MR) is 122 cm³/mol. The molecule has 2 N–H and O–H groups in total. The van der Waals surface area contributed by atoms with Gasteiger partial charge in [0.05, 0.1) is 6.54 Å². The number of hydrogen-bond acceptors (Lipinski definition) is 2. The number of benzene rings is 2. The van der Waals surface area contributed by atoms with Crippen LogP contribution in [-0.4, -0.2) is 31.5 Å². The van der Waals surface area contributed by atoms with Crippen LogP contribution in [0.15, 0.2) is 47.5 Å². The Morgan fingerprint density at radius 1 is 1.07 bits per heavy atom. The zero-order valence-electron chi connectivity index (χ0n) is 16.6. The normalized spacial score (nSPS) is 11.3. The lowest BCUT2D eigenvalue weighted by Gasteiger charge is -2.16. The highest BCUT2D eigenvalue weighted by Crippen LogP contribution is 2.11. The average Bonchev–Trinajstić information content (AvgIpc) is 2.61. The molecular weight excluding hydrogens is 454 g/mol. The lowest BCUT2D eigenvalue weighted by atomic mass is 10.1. The molecule has 0 aliphatic heterocycles. The number of aliphatic imine (C=N–C) groups is 1. The van der Waals surface area contributed by atoms with Crippen LogP contribution in [0.3, 0.4) is 0 Å². The Morgan fingerprint density at radius 2 is 1.78 bits per heavy atom. The predicted octanol–water partition coefficient (Wildman–Crippen LogP) is 4.07. The summed E-state index contributed by atoms with van der Waals surface area (Å²) in [5, 5.41) is 6.66. The van der Waals surface area contributed by atoms with Crippen molar-refractivity contribution in [2.75, 3.05) is 20.6 Å². The monoisotopic (exact) mass is 484 g/mol. The summed E-state index contributed by atoms with van der Waals surface area (Å²) < 4.78 is 13.4. The van der Waals surface area contributed by atoms with Gasteiger partial charge in [0.25, 0.3) is 0 Å². The molecule has 0 bridgehead atoms. The van der Waals surface area contributed by atoms with Gasteiger partial charge in [-0.15, -0.1) is 24.0 Å². The van der Waals surface area contributed by atoms with E-state index in [2.05, 4.69) is 58.9 Å². The third kappa shape index (κ3) is 7.84. The van der Waals surface area contributed by atoms with Crippen molar-refractivity contribution in [1.29, 1.82) is 0 Å². The van der Waals surface area contributed by atoms with Crippen molar-refractivity contribution in [3.05, 3.63) is 70.5 Å². The Morgan fingerprint density at radius 3 is 2.41 bits per heavy atom. The first-order valence-electron chi connectivity index (χ1n) is 8.98. The van der Waals surface area contributed by atoms with Gasteiger partial charge >= 0.3 is 0 Å². The number of hydrogen-bond donors (Lipinski definition) is 2. The number of guanidine groups is 1. The van der Waals surface area contributed by atoms with E-state index >= 15 is 0 Å². The standard InChI is InChI=1S/C21H29FN4.HI/c1-5-23-21(24-13-17-10-11-20(22)16(2)12-17)25-14-18-8-6-7-9-19(18)15-26(3)4;/h6-12H,5,13-15H2,1-4H3,(H2,23,24,25);1H. The molecule has 0 unspecified atom stereocenters. The average molecular weight is 484 g/mol. The van der Waals surface area contributed by atoms with Gasteiger partial charge in [0.2, 0.25) is 0 Å². The summed E-state index contributed by atoms with van der Waals surface area (Å²) in [6.07, 6.45) is 0. The number of nitrogens with one attached hydrogen (secondary N) is 2. The zero-order valence-corrected chi connectivity index (χ0v) is 18.9. The minimum Gasteiger partial charge on any atom is -0.357 e. The molecule has 0 aliphatic carbocycles. The highest BCUT2D eigenvalue weighted by atomic mass is 127. The Kier molecular flexibility index (Phi) is 10.3. The van der Waals surface area contributed by atoms with Gasteiger partial charge in [0, 0.05) is 19.6 Å². The third-order valence-corrected chi connectivity index (χ3v) is 4.04. The zero-order chi connectivity index (χ0) is 18.9. The quantitative estimate of drug-likeness (QED) is 0.354. The van der Waals surface area contributed by atoms with Crippen molar-refractivity contribution in [3.63, 3.8) is 0 Å². The lowest BCUT2D eigenvalue weighted by Crippen LogP contribution is -2.37. The second-order valence-corrected chi connectivity index (χ2v) is 6.64. The molecule has 4 nitrogen and oxygen atoms in total. The Hall–Kier alpha value is -1.67. The Bertz CT molecular complexity index is 747. The fourth-order valence-electron chi connectivity index (χ4n) is 2.72. The molecular formula is C21H30FIN4. The molecule has 0 saturated heterocycles. The van der Waals surface area contributed by atoms with Crippen LogP contribution in [0.1, 0.15) is 29.2 Å². The molecule has 0 heterocycles. The minimum atomic E-state index is -0.180. The number of halogens is 2. The van der Waals surface area contributed by atoms with Crippen LogP contribution >= 0.6 is 24.0 Å². The van der Waals surface area contributed by atoms with Crippen LogP contribution < -0.4 is 10.6 Å². The molecule has 2 aromatic carbocycles. The van der Waals surface area contributed by atoms with Gasteiger partial charge in [-0.1, -0.05) is 36.4 Å². The maximum Gasteiger partial charge on any atom is 0.191 e. The number of aryl methyl sites for hydroxylation is 1. The van der Waals surface area contributed by atoms with Crippen molar-refractivity contribution < 1.29 is 4.39 Å². The molecule has 0 saturated carbocycles. The van der Waals surface area contributed by atoms with Crippen LogP contribution in [-0.2, 0) is 19.6 Å². The SMILES string of the molecule is CCNC(=NCc1ccc(F)c(C)c1)NCc1ccccc1CN(C)C.I. The highest BCUT2D eigenvalue weighted by Gasteiger charge is 2.05. The van der Waals surface area contributed by atoms with Crippen LogP contribution in [0.25, 0.3) is 0 Å². The van der Waals surface area contributed by atoms with E-state index < -0.39 is 0 Å². The van der Waals surface area contributed by atoms with Crippen LogP contribution in [0.4, 0.5) is 4.39 Å². The van der Waals surface area contributed by atoms with E-state index in [1.165, 1.54) is 17.2 Å². The number of nitrogens with zero attached hydrogens (tertiary/aromatic N) is 2. The molecule has 0 fully saturated rings. The fraction of sp³-hybridized carbons (Fsp3) is 0.381. The largest absolute Gasteiger partial charge is 0.357 e. The smallest absolute Gasteiger partial charge is 0.191 e. The van der Waals surface area contributed by atoms with Crippen molar-refractivity contribution in [2.24, 2.45) is 4.99 Å². The number of rotatable bonds is 7. The molecule has 0 amide bonds. The van der Waals surface area contributed by atoms with Crippen LogP contribution in [0.5, 0.6) is 0 Å². The fourth-order valence-corrected chi connectivity index (χ4v) is 2.72. The molecule has 0 aliphatic rings. The summed E-state index contributed by atoms with van der Waals surface area (Å²) in [7, 11) is 4.14. The first kappa shape index (κ1) is 23.4. The van der Waals surface area contributed by atoms with Crippen LogP contribution in [0, 0.1) is 12.7 Å². The maximum absolute atomic E-state index is 13.4. The van der Waals surface area contributed by atoms with Gasteiger partial charge in [-0.2, -0.15) is 0 Å². The van der Waals surface area contributed by atoms with Gasteiger partial charge in [0.1, 0.15) is 5.82 Å². The van der Waals surface area contributed by atoms with E-state index in [1.54, 1.807) is 13.0 Å². The summed E-state index contributed by atoms with van der Waals surface area (Å²) in [5.41, 5.74) is 4.20. The van der Waals surface area contributed by atoms with Crippen molar-refractivity contribution in [3.8, 4) is 0 Å². The molecule has 0 spiro atoms. The molecule has 0 atom stereocenters. The van der Waals surface area contributed by atoms with Crippen molar-refractivity contribution in [1.82, 2.24) is 15.5 Å². The van der Waals surface area contributed by atoms with E-state index in [0.29, 0.717) is 18.7 Å². The molecule has 0 radical (unpaired) electrons. The van der Waals surface area contributed by atoms with Crippen LogP contribution in [0.2, 0.25) is 0 Å². The Labute approximate surface area is 179 Å². The molecule has 2 aromatic rings. The van der Waals surface area contributed by atoms with E-state index in [0.717, 1.165) is 24.6 Å².